The number of carbonyl (C=O) groups is 1. The van der Waals surface area contributed by atoms with E-state index in [0.29, 0.717) is 11.8 Å². The molecule has 15 heavy (non-hydrogen) atoms. The predicted octanol–water partition coefficient (Wildman–Crippen LogP) is 1.98. The Kier molecular flexibility index (Phi) is 2.32. The number of H-pyrrole nitrogens is 1. The van der Waals surface area contributed by atoms with Gasteiger partial charge in [0.2, 0.25) is 0 Å². The number of nitrogens with zero attached hydrogens (tertiary/aromatic N) is 1. The smallest absolute Gasteiger partial charge is 0.387 e. The van der Waals surface area contributed by atoms with Gasteiger partial charge in [0.15, 0.2) is 12.0 Å². The quantitative estimate of drug-likeness (QED) is 0.791. The topological polar surface area (TPSA) is 55.0 Å². The molecule has 1 heterocycles. The molecule has 0 amide bonds. The van der Waals surface area contributed by atoms with Gasteiger partial charge in [-0.15, -0.1) is 0 Å². The first-order valence-electron chi connectivity index (χ1n) is 4.08. The Hall–Kier alpha value is -1.98. The summed E-state index contributed by atoms with van der Waals surface area (Å²) in [4.78, 5) is 17.2. The maximum atomic E-state index is 12.1. The fourth-order valence-corrected chi connectivity index (χ4v) is 1.30. The normalized spacial score (nSPS) is 10.9. The number of hydrogen-bond acceptors (Lipinski definition) is 3. The van der Waals surface area contributed by atoms with Gasteiger partial charge in [-0.3, -0.25) is 4.79 Å². The lowest BCUT2D eigenvalue weighted by molar-refractivity contribution is -0.0491. The minimum Gasteiger partial charge on any atom is -0.432 e. The zero-order chi connectivity index (χ0) is 10.8. The van der Waals surface area contributed by atoms with E-state index in [-0.39, 0.29) is 16.8 Å². The van der Waals surface area contributed by atoms with Crippen molar-refractivity contribution in [3.63, 3.8) is 0 Å². The fourth-order valence-electron chi connectivity index (χ4n) is 1.30. The van der Waals surface area contributed by atoms with Crippen LogP contribution in [0.3, 0.4) is 0 Å². The first kappa shape index (κ1) is 9.57. The first-order valence-corrected chi connectivity index (χ1v) is 4.08. The van der Waals surface area contributed by atoms with E-state index in [1.54, 1.807) is 6.07 Å². The first-order chi connectivity index (χ1) is 7.22. The van der Waals surface area contributed by atoms with E-state index in [1.165, 1.54) is 12.4 Å². The molecule has 0 saturated carbocycles. The third kappa shape index (κ3) is 1.65. The van der Waals surface area contributed by atoms with Crippen molar-refractivity contribution in [2.75, 3.05) is 0 Å². The highest BCUT2D eigenvalue weighted by atomic mass is 19.3. The Balaban J connectivity index is 2.62. The van der Waals surface area contributed by atoms with Crippen LogP contribution in [-0.4, -0.2) is 22.9 Å². The fraction of sp³-hybridized carbons (Fsp3) is 0.111. The molecule has 0 aliphatic carbocycles. The van der Waals surface area contributed by atoms with Crippen molar-refractivity contribution in [3.05, 3.63) is 24.0 Å². The molecular weight excluding hydrogens is 206 g/mol. The summed E-state index contributed by atoms with van der Waals surface area (Å²) in [6.45, 7) is -2.98. The van der Waals surface area contributed by atoms with Crippen molar-refractivity contribution in [2.24, 2.45) is 0 Å². The van der Waals surface area contributed by atoms with Crippen molar-refractivity contribution < 1.29 is 18.3 Å². The number of nitrogens with one attached hydrogen (secondary N) is 1. The van der Waals surface area contributed by atoms with Gasteiger partial charge in [-0.25, -0.2) is 4.98 Å². The second-order valence-corrected chi connectivity index (χ2v) is 2.78. The zero-order valence-corrected chi connectivity index (χ0v) is 7.41. The molecular formula is C9H6F2N2O2. The number of fused-ring (bicyclic) bond motifs is 1. The molecule has 2 rings (SSSR count). The van der Waals surface area contributed by atoms with Crippen LogP contribution >= 0.6 is 0 Å². The van der Waals surface area contributed by atoms with E-state index in [9.17, 15) is 13.6 Å². The molecule has 1 aromatic heterocycles. The number of aromatic nitrogens is 2. The lowest BCUT2D eigenvalue weighted by atomic mass is 10.2. The molecule has 0 radical (unpaired) electrons. The Morgan fingerprint density at radius 2 is 2.27 bits per heavy atom. The molecule has 1 aromatic carbocycles. The minimum absolute atomic E-state index is 0.0508. The molecule has 78 valence electrons. The summed E-state index contributed by atoms with van der Waals surface area (Å²) in [6, 6.07) is 2.97. The molecule has 0 aliphatic rings. The van der Waals surface area contributed by atoms with E-state index in [2.05, 4.69) is 14.7 Å². The van der Waals surface area contributed by atoms with Crippen LogP contribution in [0.25, 0.3) is 11.0 Å². The van der Waals surface area contributed by atoms with Gasteiger partial charge in [0, 0.05) is 0 Å². The third-order valence-corrected chi connectivity index (χ3v) is 1.91. The maximum Gasteiger partial charge on any atom is 0.387 e. The van der Waals surface area contributed by atoms with Gasteiger partial charge in [-0.1, -0.05) is 0 Å². The van der Waals surface area contributed by atoms with Gasteiger partial charge in [0.25, 0.3) is 0 Å². The van der Waals surface area contributed by atoms with E-state index >= 15 is 0 Å². The van der Waals surface area contributed by atoms with Gasteiger partial charge in [0.05, 0.1) is 17.4 Å². The predicted molar refractivity (Wildman–Crippen MR) is 48.1 cm³/mol. The Labute approximate surface area is 82.9 Å². The molecule has 1 N–H and O–H groups in total. The second-order valence-electron chi connectivity index (χ2n) is 2.78. The molecule has 0 atom stereocenters. The highest BCUT2D eigenvalue weighted by Gasteiger charge is 2.14. The largest absolute Gasteiger partial charge is 0.432 e. The Morgan fingerprint density at radius 1 is 1.47 bits per heavy atom. The molecule has 2 aromatic rings. The van der Waals surface area contributed by atoms with Crippen molar-refractivity contribution in [1.29, 1.82) is 0 Å². The van der Waals surface area contributed by atoms with Crippen LogP contribution in [0, 0.1) is 0 Å². The number of rotatable bonds is 3. The number of alkyl halides is 2. The molecule has 0 bridgehead atoms. The number of halogens is 2. The number of ether oxygens (including phenoxy) is 1. The molecule has 4 nitrogen and oxygen atoms in total. The van der Waals surface area contributed by atoms with Crippen LogP contribution in [0.5, 0.6) is 5.75 Å². The van der Waals surface area contributed by atoms with Gasteiger partial charge in [0.1, 0.15) is 5.52 Å². The highest BCUT2D eigenvalue weighted by Crippen LogP contribution is 2.27. The number of imidazole rings is 1. The summed E-state index contributed by atoms with van der Waals surface area (Å²) in [7, 11) is 0. The number of aldehydes is 1. The van der Waals surface area contributed by atoms with E-state index in [0.717, 1.165) is 0 Å². The van der Waals surface area contributed by atoms with E-state index in [4.69, 9.17) is 0 Å². The van der Waals surface area contributed by atoms with Crippen LogP contribution < -0.4 is 4.74 Å². The Bertz CT molecular complexity index is 496. The van der Waals surface area contributed by atoms with Gasteiger partial charge in [-0.05, 0) is 12.1 Å². The molecule has 0 fully saturated rings. The third-order valence-electron chi connectivity index (χ3n) is 1.91. The van der Waals surface area contributed by atoms with Crippen molar-refractivity contribution in [1.82, 2.24) is 9.97 Å². The molecule has 6 heteroatoms. The molecule has 0 saturated heterocycles. The summed E-state index contributed by atoms with van der Waals surface area (Å²) in [5.41, 5.74) is 0.811. The molecule has 0 aliphatic heterocycles. The Morgan fingerprint density at radius 3 is 2.93 bits per heavy atom. The maximum absolute atomic E-state index is 12.1. The summed E-state index contributed by atoms with van der Waals surface area (Å²) in [5, 5.41) is 0. The van der Waals surface area contributed by atoms with Gasteiger partial charge >= 0.3 is 6.61 Å². The second kappa shape index (κ2) is 3.64. The van der Waals surface area contributed by atoms with E-state index in [1.807, 2.05) is 0 Å². The van der Waals surface area contributed by atoms with Crippen molar-refractivity contribution >= 4 is 17.3 Å². The van der Waals surface area contributed by atoms with Gasteiger partial charge < -0.3 is 9.72 Å². The monoisotopic (exact) mass is 212 g/mol. The van der Waals surface area contributed by atoms with Crippen LogP contribution in [0.4, 0.5) is 8.78 Å². The van der Waals surface area contributed by atoms with Crippen LogP contribution in [0.1, 0.15) is 10.4 Å². The molecule has 0 unspecified atom stereocenters. The summed E-state index contributed by atoms with van der Waals surface area (Å²) >= 11 is 0. The summed E-state index contributed by atoms with van der Waals surface area (Å²) < 4.78 is 28.5. The van der Waals surface area contributed by atoms with Gasteiger partial charge in [-0.2, -0.15) is 8.78 Å². The highest BCUT2D eigenvalue weighted by molar-refractivity contribution is 5.92. The summed E-state index contributed by atoms with van der Waals surface area (Å²) in [5.74, 6) is -0.196. The molecule has 0 spiro atoms. The average molecular weight is 212 g/mol. The lowest BCUT2D eigenvalue weighted by Crippen LogP contribution is -2.04. The lowest BCUT2D eigenvalue weighted by Gasteiger charge is -2.06. The number of hydrogen-bond donors (Lipinski definition) is 1. The number of carbonyl (C=O) groups excluding carboxylic acids is 1. The van der Waals surface area contributed by atoms with Crippen LogP contribution in [0.15, 0.2) is 18.5 Å². The van der Waals surface area contributed by atoms with Crippen LogP contribution in [-0.2, 0) is 0 Å². The number of benzene rings is 1. The standard InChI is InChI=1S/C9H6F2N2O2/c10-9(11)15-8-5(3-14)1-2-6-7(8)13-4-12-6/h1-4,9H,(H,12,13). The van der Waals surface area contributed by atoms with E-state index < -0.39 is 6.61 Å². The summed E-state index contributed by atoms with van der Waals surface area (Å²) in [6.07, 6.45) is 1.80. The minimum atomic E-state index is -2.98. The number of aromatic amines is 1. The average Bonchev–Trinajstić information content (AvgIpc) is 2.65. The SMILES string of the molecule is O=Cc1ccc2[nH]cnc2c1OC(F)F. The zero-order valence-electron chi connectivity index (χ0n) is 7.41. The van der Waals surface area contributed by atoms with Crippen molar-refractivity contribution in [3.8, 4) is 5.75 Å². The van der Waals surface area contributed by atoms with Crippen LogP contribution in [0.2, 0.25) is 0 Å². The van der Waals surface area contributed by atoms with Crippen molar-refractivity contribution in [2.45, 2.75) is 6.61 Å².